The van der Waals surface area contributed by atoms with Crippen LogP contribution in [0.4, 0.5) is 0 Å². The minimum absolute atomic E-state index is 0.587. The van der Waals surface area contributed by atoms with Crippen molar-refractivity contribution in [1.82, 2.24) is 14.3 Å². The van der Waals surface area contributed by atoms with Gasteiger partial charge in [0.15, 0.2) is 0 Å². The lowest BCUT2D eigenvalue weighted by atomic mass is 9.88. The summed E-state index contributed by atoms with van der Waals surface area (Å²) in [6.45, 7) is 5.27. The highest BCUT2D eigenvalue weighted by Gasteiger charge is 2.41. The molecule has 1 N–H and O–H groups in total. The van der Waals surface area contributed by atoms with Crippen LogP contribution in [0.3, 0.4) is 0 Å². The summed E-state index contributed by atoms with van der Waals surface area (Å²) in [5, 5.41) is 9.56. The number of aliphatic carboxylic acids is 1. The van der Waals surface area contributed by atoms with Crippen LogP contribution in [0.5, 0.6) is 0 Å². The Bertz CT molecular complexity index is 679. The second-order valence-electron chi connectivity index (χ2n) is 6.11. The van der Waals surface area contributed by atoms with Gasteiger partial charge in [-0.15, -0.1) is 0 Å². The molecule has 3 rings (SSSR count). The van der Waals surface area contributed by atoms with E-state index in [2.05, 4.69) is 9.88 Å². The van der Waals surface area contributed by atoms with Crippen molar-refractivity contribution in [2.24, 2.45) is 0 Å². The second kappa shape index (κ2) is 5.15. The molecule has 1 aliphatic rings. The summed E-state index contributed by atoms with van der Waals surface area (Å²) in [6.07, 6.45) is 6.71. The van der Waals surface area contributed by atoms with E-state index in [1.807, 2.05) is 42.8 Å². The molecule has 0 aromatic carbocycles. The molecular formula is C16H21N3O2. The van der Waals surface area contributed by atoms with E-state index in [1.165, 1.54) is 0 Å². The van der Waals surface area contributed by atoms with Gasteiger partial charge in [-0.25, -0.2) is 4.98 Å². The Hall–Kier alpha value is -1.88. The molecule has 1 fully saturated rings. The van der Waals surface area contributed by atoms with Crippen molar-refractivity contribution in [3.63, 3.8) is 0 Å². The molecular weight excluding hydrogens is 266 g/mol. The standard InChI is InChI=1S/C16H21N3O2/c1-12-6-5-8-18-10-13(17-14(12)18)11-19-9-4-3-7-16(19,2)15(20)21/h5-6,8,10H,3-4,7,9,11H2,1-2H3,(H,20,21). The molecule has 5 heteroatoms. The van der Waals surface area contributed by atoms with E-state index in [-0.39, 0.29) is 0 Å². The first kappa shape index (κ1) is 14.1. The maximum atomic E-state index is 11.6. The normalized spacial score (nSPS) is 23.5. The Kier molecular flexibility index (Phi) is 3.45. The average molecular weight is 287 g/mol. The van der Waals surface area contributed by atoms with Crippen molar-refractivity contribution >= 4 is 11.6 Å². The van der Waals surface area contributed by atoms with Crippen molar-refractivity contribution in [1.29, 1.82) is 0 Å². The van der Waals surface area contributed by atoms with Crippen LogP contribution in [0.2, 0.25) is 0 Å². The van der Waals surface area contributed by atoms with Crippen LogP contribution in [-0.4, -0.2) is 37.4 Å². The maximum Gasteiger partial charge on any atom is 0.323 e. The Morgan fingerprint density at radius 1 is 1.48 bits per heavy atom. The predicted molar refractivity (Wildman–Crippen MR) is 80.2 cm³/mol. The van der Waals surface area contributed by atoms with Crippen molar-refractivity contribution in [3.8, 4) is 0 Å². The number of hydrogen-bond acceptors (Lipinski definition) is 3. The summed E-state index contributed by atoms with van der Waals surface area (Å²) in [5.41, 5.74) is 2.23. The first-order valence-corrected chi connectivity index (χ1v) is 7.42. The lowest BCUT2D eigenvalue weighted by Gasteiger charge is -2.41. The lowest BCUT2D eigenvalue weighted by molar-refractivity contribution is -0.153. The predicted octanol–water partition coefficient (Wildman–Crippen LogP) is 2.47. The summed E-state index contributed by atoms with van der Waals surface area (Å²) in [6, 6.07) is 4.03. The van der Waals surface area contributed by atoms with Gasteiger partial charge in [0.05, 0.1) is 5.69 Å². The number of nitrogens with zero attached hydrogens (tertiary/aromatic N) is 3. The zero-order valence-corrected chi connectivity index (χ0v) is 12.5. The lowest BCUT2D eigenvalue weighted by Crippen LogP contribution is -2.54. The third kappa shape index (κ3) is 2.42. The van der Waals surface area contributed by atoms with Gasteiger partial charge < -0.3 is 9.51 Å². The summed E-state index contributed by atoms with van der Waals surface area (Å²) in [7, 11) is 0. The number of carboxylic acids is 1. The molecule has 0 saturated carbocycles. The second-order valence-corrected chi connectivity index (χ2v) is 6.11. The molecule has 1 atom stereocenters. The molecule has 0 aliphatic carbocycles. The number of hydrogen-bond donors (Lipinski definition) is 1. The van der Waals surface area contributed by atoms with Crippen LogP contribution in [0.15, 0.2) is 24.5 Å². The van der Waals surface area contributed by atoms with Gasteiger partial charge in [0.1, 0.15) is 11.2 Å². The van der Waals surface area contributed by atoms with Crippen molar-refractivity contribution < 1.29 is 9.90 Å². The van der Waals surface area contributed by atoms with Gasteiger partial charge in [-0.3, -0.25) is 9.69 Å². The van der Waals surface area contributed by atoms with Gasteiger partial charge in [-0.05, 0) is 51.3 Å². The van der Waals surface area contributed by atoms with Crippen LogP contribution >= 0.6 is 0 Å². The van der Waals surface area contributed by atoms with E-state index in [9.17, 15) is 9.90 Å². The Morgan fingerprint density at radius 3 is 3.00 bits per heavy atom. The summed E-state index contributed by atoms with van der Waals surface area (Å²) in [4.78, 5) is 18.3. The number of aromatic nitrogens is 2. The van der Waals surface area contributed by atoms with Crippen LogP contribution in [0, 0.1) is 6.92 Å². The Morgan fingerprint density at radius 2 is 2.29 bits per heavy atom. The van der Waals surface area contributed by atoms with Gasteiger partial charge in [0.2, 0.25) is 0 Å². The molecule has 0 amide bonds. The monoisotopic (exact) mass is 287 g/mol. The van der Waals surface area contributed by atoms with Crippen LogP contribution < -0.4 is 0 Å². The van der Waals surface area contributed by atoms with Gasteiger partial charge >= 0.3 is 5.97 Å². The third-order valence-corrected chi connectivity index (χ3v) is 4.58. The minimum Gasteiger partial charge on any atom is -0.480 e. The molecule has 1 saturated heterocycles. The van der Waals surface area contributed by atoms with Crippen LogP contribution in [0.1, 0.15) is 37.4 Å². The molecule has 1 unspecified atom stereocenters. The molecule has 21 heavy (non-hydrogen) atoms. The summed E-state index contributed by atoms with van der Waals surface area (Å²) >= 11 is 0. The van der Waals surface area contributed by atoms with Gasteiger partial charge in [0.25, 0.3) is 0 Å². The fourth-order valence-electron chi connectivity index (χ4n) is 3.15. The molecule has 0 radical (unpaired) electrons. The largest absolute Gasteiger partial charge is 0.480 e. The fourth-order valence-corrected chi connectivity index (χ4v) is 3.15. The van der Waals surface area contributed by atoms with E-state index in [0.717, 1.165) is 36.3 Å². The topological polar surface area (TPSA) is 57.8 Å². The zero-order chi connectivity index (χ0) is 15.0. The van der Waals surface area contributed by atoms with E-state index in [1.54, 1.807) is 0 Å². The molecule has 3 heterocycles. The molecule has 0 spiro atoms. The summed E-state index contributed by atoms with van der Waals surface area (Å²) < 4.78 is 2.01. The number of pyridine rings is 1. The number of imidazole rings is 1. The summed E-state index contributed by atoms with van der Waals surface area (Å²) in [5.74, 6) is -0.734. The number of likely N-dealkylation sites (tertiary alicyclic amines) is 1. The molecule has 0 bridgehead atoms. The number of piperidine rings is 1. The van der Waals surface area contributed by atoms with Gasteiger partial charge in [-0.2, -0.15) is 0 Å². The zero-order valence-electron chi connectivity index (χ0n) is 12.5. The number of carbonyl (C=O) groups is 1. The molecule has 2 aromatic heterocycles. The smallest absolute Gasteiger partial charge is 0.323 e. The fraction of sp³-hybridized carbons (Fsp3) is 0.500. The highest BCUT2D eigenvalue weighted by atomic mass is 16.4. The highest BCUT2D eigenvalue weighted by Crippen LogP contribution is 2.29. The van der Waals surface area contributed by atoms with Gasteiger partial charge in [0, 0.05) is 18.9 Å². The first-order valence-electron chi connectivity index (χ1n) is 7.42. The number of fused-ring (bicyclic) bond motifs is 1. The molecule has 1 aliphatic heterocycles. The number of aryl methyl sites for hydroxylation is 1. The number of carboxylic acid groups (broad SMARTS) is 1. The van der Waals surface area contributed by atoms with E-state index >= 15 is 0 Å². The highest BCUT2D eigenvalue weighted by molar-refractivity contribution is 5.78. The van der Waals surface area contributed by atoms with Crippen molar-refractivity contribution in [2.45, 2.75) is 45.2 Å². The maximum absolute atomic E-state index is 11.6. The SMILES string of the molecule is Cc1cccn2cc(CN3CCCCC3(C)C(=O)O)nc12. The van der Waals surface area contributed by atoms with Crippen molar-refractivity contribution in [2.75, 3.05) is 6.54 Å². The van der Waals surface area contributed by atoms with Gasteiger partial charge in [-0.1, -0.05) is 6.07 Å². The third-order valence-electron chi connectivity index (χ3n) is 4.58. The van der Waals surface area contributed by atoms with Crippen LogP contribution in [-0.2, 0) is 11.3 Å². The molecule has 2 aromatic rings. The van der Waals surface area contributed by atoms with E-state index in [0.29, 0.717) is 13.0 Å². The van der Waals surface area contributed by atoms with Crippen molar-refractivity contribution in [3.05, 3.63) is 35.8 Å². The number of rotatable bonds is 3. The minimum atomic E-state index is -0.775. The molecule has 112 valence electrons. The van der Waals surface area contributed by atoms with Crippen LogP contribution in [0.25, 0.3) is 5.65 Å². The van der Waals surface area contributed by atoms with E-state index < -0.39 is 11.5 Å². The Labute approximate surface area is 124 Å². The first-order chi connectivity index (χ1) is 10.0. The molecule has 5 nitrogen and oxygen atoms in total. The Balaban J connectivity index is 1.89. The van der Waals surface area contributed by atoms with E-state index in [4.69, 9.17) is 0 Å². The quantitative estimate of drug-likeness (QED) is 0.942. The average Bonchev–Trinajstić information content (AvgIpc) is 2.85.